The first-order valence-corrected chi connectivity index (χ1v) is 13.7. The molecule has 0 aliphatic heterocycles. The number of nitrogens with zero attached hydrogens (tertiary/aromatic N) is 1. The Bertz CT molecular complexity index is 2150. The van der Waals surface area contributed by atoms with Crippen LogP contribution in [-0.2, 0) is 0 Å². The first-order valence-electron chi connectivity index (χ1n) is 13.7. The quantitative estimate of drug-likeness (QED) is 0.217. The van der Waals surface area contributed by atoms with E-state index < -0.39 is 0 Å². The SMILES string of the molecule is c1ccc(-c2ccc(-c3c4ccccc4c(-c4ccc5ccccc5c4)c4ncccc34)c3ccccc23)cc1. The van der Waals surface area contributed by atoms with Gasteiger partial charge < -0.3 is 0 Å². The Morgan fingerprint density at radius 3 is 1.75 bits per heavy atom. The van der Waals surface area contributed by atoms with Crippen molar-refractivity contribution in [3.8, 4) is 33.4 Å². The van der Waals surface area contributed by atoms with Gasteiger partial charge >= 0.3 is 0 Å². The summed E-state index contributed by atoms with van der Waals surface area (Å²) >= 11 is 0. The van der Waals surface area contributed by atoms with Gasteiger partial charge in [-0.1, -0.05) is 133 Å². The Kier molecular flexibility index (Phi) is 5.21. The molecule has 1 heteroatoms. The van der Waals surface area contributed by atoms with Crippen molar-refractivity contribution in [2.24, 2.45) is 0 Å². The molecular weight excluding hydrogens is 482 g/mol. The predicted molar refractivity (Wildman–Crippen MR) is 171 cm³/mol. The highest BCUT2D eigenvalue weighted by molar-refractivity contribution is 6.23. The first kappa shape index (κ1) is 22.7. The number of aromatic nitrogens is 1. The van der Waals surface area contributed by atoms with Crippen LogP contribution >= 0.6 is 0 Å². The summed E-state index contributed by atoms with van der Waals surface area (Å²) in [6.07, 6.45) is 1.92. The van der Waals surface area contributed by atoms with E-state index in [0.29, 0.717) is 0 Å². The highest BCUT2D eigenvalue weighted by Crippen LogP contribution is 2.46. The topological polar surface area (TPSA) is 12.9 Å². The number of pyridine rings is 1. The van der Waals surface area contributed by atoms with E-state index >= 15 is 0 Å². The number of rotatable bonds is 3. The Morgan fingerprint density at radius 2 is 0.950 bits per heavy atom. The van der Waals surface area contributed by atoms with Crippen LogP contribution in [0.15, 0.2) is 152 Å². The van der Waals surface area contributed by atoms with Gasteiger partial charge in [0.05, 0.1) is 5.52 Å². The molecule has 0 unspecified atom stereocenters. The van der Waals surface area contributed by atoms with Gasteiger partial charge in [-0.3, -0.25) is 4.98 Å². The van der Waals surface area contributed by atoms with Gasteiger partial charge in [-0.15, -0.1) is 0 Å². The molecule has 1 aromatic heterocycles. The molecule has 0 aliphatic carbocycles. The van der Waals surface area contributed by atoms with Gasteiger partial charge in [0.1, 0.15) is 0 Å². The predicted octanol–water partition coefficient (Wildman–Crippen LogP) is 10.7. The van der Waals surface area contributed by atoms with E-state index in [-0.39, 0.29) is 0 Å². The van der Waals surface area contributed by atoms with Crippen molar-refractivity contribution in [3.05, 3.63) is 152 Å². The molecule has 1 nitrogen and oxygen atoms in total. The van der Waals surface area contributed by atoms with E-state index in [1.165, 1.54) is 71.1 Å². The van der Waals surface area contributed by atoms with Crippen molar-refractivity contribution >= 4 is 43.2 Å². The van der Waals surface area contributed by atoms with E-state index in [0.717, 1.165) is 5.52 Å². The molecule has 0 atom stereocenters. The van der Waals surface area contributed by atoms with Crippen LogP contribution in [0.4, 0.5) is 0 Å². The maximum absolute atomic E-state index is 5.02. The smallest absolute Gasteiger partial charge is 0.0792 e. The average molecular weight is 508 g/mol. The average Bonchev–Trinajstić information content (AvgIpc) is 3.03. The zero-order valence-electron chi connectivity index (χ0n) is 21.9. The van der Waals surface area contributed by atoms with E-state index in [2.05, 4.69) is 146 Å². The van der Waals surface area contributed by atoms with Crippen LogP contribution in [0, 0.1) is 0 Å². The van der Waals surface area contributed by atoms with Crippen molar-refractivity contribution in [2.45, 2.75) is 0 Å². The monoisotopic (exact) mass is 507 g/mol. The van der Waals surface area contributed by atoms with Crippen molar-refractivity contribution < 1.29 is 0 Å². The maximum Gasteiger partial charge on any atom is 0.0792 e. The molecule has 0 aliphatic rings. The first-order chi connectivity index (χ1) is 19.9. The lowest BCUT2D eigenvalue weighted by atomic mass is 9.85. The van der Waals surface area contributed by atoms with Crippen LogP contribution in [0.3, 0.4) is 0 Å². The number of hydrogen-bond acceptors (Lipinski definition) is 1. The molecule has 0 saturated heterocycles. The molecule has 0 radical (unpaired) electrons. The molecule has 8 aromatic rings. The van der Waals surface area contributed by atoms with Crippen molar-refractivity contribution in [1.29, 1.82) is 0 Å². The molecular formula is C39H25N. The number of fused-ring (bicyclic) bond motifs is 4. The molecule has 0 amide bonds. The van der Waals surface area contributed by atoms with Gasteiger partial charge in [0, 0.05) is 17.1 Å². The summed E-state index contributed by atoms with van der Waals surface area (Å²) in [5, 5.41) is 8.61. The van der Waals surface area contributed by atoms with E-state index in [1.54, 1.807) is 0 Å². The molecule has 40 heavy (non-hydrogen) atoms. The zero-order chi connectivity index (χ0) is 26.5. The van der Waals surface area contributed by atoms with Crippen LogP contribution in [0.2, 0.25) is 0 Å². The zero-order valence-corrected chi connectivity index (χ0v) is 21.9. The molecule has 7 aromatic carbocycles. The maximum atomic E-state index is 5.02. The summed E-state index contributed by atoms with van der Waals surface area (Å²) < 4.78 is 0. The summed E-state index contributed by atoms with van der Waals surface area (Å²) in [6, 6.07) is 52.4. The van der Waals surface area contributed by atoms with Crippen molar-refractivity contribution in [2.75, 3.05) is 0 Å². The molecule has 0 N–H and O–H groups in total. The Hall–Kier alpha value is -5.27. The Morgan fingerprint density at radius 1 is 0.350 bits per heavy atom. The standard InChI is InChI=1S/C39H25N/c1-2-12-27(13-3-1)30-22-23-35(32-16-7-6-15-31(30)32)38-34-18-9-8-17-33(34)37(39-36(38)19-10-24-40-39)29-21-20-26-11-4-5-14-28(26)25-29/h1-25H. The Balaban J connectivity index is 1.48. The van der Waals surface area contributed by atoms with Crippen LogP contribution in [0.5, 0.6) is 0 Å². The lowest BCUT2D eigenvalue weighted by Crippen LogP contribution is -1.94. The van der Waals surface area contributed by atoms with E-state index in [4.69, 9.17) is 4.98 Å². The van der Waals surface area contributed by atoms with Crippen LogP contribution in [-0.4, -0.2) is 4.98 Å². The van der Waals surface area contributed by atoms with Crippen molar-refractivity contribution in [1.82, 2.24) is 4.98 Å². The van der Waals surface area contributed by atoms with Crippen molar-refractivity contribution in [3.63, 3.8) is 0 Å². The summed E-state index contributed by atoms with van der Waals surface area (Å²) in [6.45, 7) is 0. The molecule has 8 rings (SSSR count). The van der Waals surface area contributed by atoms with Crippen LogP contribution in [0.1, 0.15) is 0 Å². The lowest BCUT2D eigenvalue weighted by Gasteiger charge is -2.19. The third-order valence-corrected chi connectivity index (χ3v) is 8.10. The summed E-state index contributed by atoms with van der Waals surface area (Å²) in [7, 11) is 0. The fraction of sp³-hybridized carbons (Fsp3) is 0. The lowest BCUT2D eigenvalue weighted by molar-refractivity contribution is 1.42. The second-order valence-electron chi connectivity index (χ2n) is 10.3. The van der Waals surface area contributed by atoms with Gasteiger partial charge in [0.25, 0.3) is 0 Å². The number of hydrogen-bond donors (Lipinski definition) is 0. The highest BCUT2D eigenvalue weighted by atomic mass is 14.7. The van der Waals surface area contributed by atoms with Crippen LogP contribution < -0.4 is 0 Å². The minimum atomic E-state index is 1.03. The summed E-state index contributed by atoms with van der Waals surface area (Å²) in [4.78, 5) is 5.02. The third-order valence-electron chi connectivity index (χ3n) is 8.10. The Labute approximate surface area is 233 Å². The minimum absolute atomic E-state index is 1.03. The van der Waals surface area contributed by atoms with Gasteiger partial charge in [-0.2, -0.15) is 0 Å². The van der Waals surface area contributed by atoms with Gasteiger partial charge in [-0.05, 0) is 72.3 Å². The molecule has 1 heterocycles. The highest BCUT2D eigenvalue weighted by Gasteiger charge is 2.19. The third kappa shape index (κ3) is 3.52. The fourth-order valence-corrected chi connectivity index (χ4v) is 6.31. The number of benzene rings is 7. The largest absolute Gasteiger partial charge is 0.256 e. The normalized spacial score (nSPS) is 11.5. The molecule has 0 saturated carbocycles. The van der Waals surface area contributed by atoms with Crippen LogP contribution in [0.25, 0.3) is 76.6 Å². The van der Waals surface area contributed by atoms with Gasteiger partial charge in [0.15, 0.2) is 0 Å². The van der Waals surface area contributed by atoms with E-state index in [9.17, 15) is 0 Å². The second-order valence-corrected chi connectivity index (χ2v) is 10.3. The molecule has 0 fully saturated rings. The molecule has 186 valence electrons. The minimum Gasteiger partial charge on any atom is -0.256 e. The van der Waals surface area contributed by atoms with E-state index in [1.807, 2.05) is 6.20 Å². The van der Waals surface area contributed by atoms with Gasteiger partial charge in [-0.25, -0.2) is 0 Å². The second kappa shape index (κ2) is 9.18. The molecule has 0 spiro atoms. The fourth-order valence-electron chi connectivity index (χ4n) is 6.31. The summed E-state index contributed by atoms with van der Waals surface area (Å²) in [5.41, 5.74) is 8.35. The summed E-state index contributed by atoms with van der Waals surface area (Å²) in [5.74, 6) is 0. The van der Waals surface area contributed by atoms with Gasteiger partial charge in [0.2, 0.25) is 0 Å². The molecule has 0 bridgehead atoms.